The minimum Gasteiger partial charge on any atom is -0.359 e. The first kappa shape index (κ1) is 12.4. The van der Waals surface area contributed by atoms with Crippen molar-refractivity contribution >= 4 is 11.9 Å². The Labute approximate surface area is 66.5 Å². The van der Waals surface area contributed by atoms with Crippen molar-refractivity contribution in [3.05, 3.63) is 0 Å². The molecule has 0 aromatic heterocycles. The van der Waals surface area contributed by atoms with E-state index in [1.54, 1.807) is 21.1 Å². The molecule has 0 saturated carbocycles. The number of urea groups is 1. The zero-order valence-corrected chi connectivity index (χ0v) is 7.32. The molecule has 3 amide bonds. The molecule has 0 radical (unpaired) electrons. The molecule has 0 saturated heterocycles. The molecule has 0 bridgehead atoms. The molecular formula is C6H15N3O2. The summed E-state index contributed by atoms with van der Waals surface area (Å²) in [5.41, 5.74) is 0. The molecule has 0 aromatic rings. The van der Waals surface area contributed by atoms with Crippen LogP contribution in [0.1, 0.15) is 6.92 Å². The summed E-state index contributed by atoms with van der Waals surface area (Å²) < 4.78 is 0. The van der Waals surface area contributed by atoms with Gasteiger partial charge in [0.2, 0.25) is 5.91 Å². The second kappa shape index (κ2) is 8.74. The number of carbonyl (C=O) groups excluding carboxylic acids is 2. The molecule has 0 rings (SSSR count). The minimum absolute atomic E-state index is 0.00463. The molecule has 0 spiro atoms. The van der Waals surface area contributed by atoms with Crippen LogP contribution in [0.5, 0.6) is 0 Å². The fourth-order valence-electron chi connectivity index (χ4n) is 0.125. The summed E-state index contributed by atoms with van der Waals surface area (Å²) in [6.07, 6.45) is 0. The number of carbonyl (C=O) groups is 2. The van der Waals surface area contributed by atoms with Crippen LogP contribution in [-0.2, 0) is 4.79 Å². The highest BCUT2D eigenvalue weighted by Gasteiger charge is 1.81. The van der Waals surface area contributed by atoms with Crippen molar-refractivity contribution in [1.82, 2.24) is 16.0 Å². The van der Waals surface area contributed by atoms with Gasteiger partial charge in [-0.3, -0.25) is 4.79 Å². The highest BCUT2D eigenvalue weighted by Crippen LogP contribution is 1.48. The molecule has 0 aliphatic rings. The Morgan fingerprint density at radius 3 is 1.18 bits per heavy atom. The zero-order valence-electron chi connectivity index (χ0n) is 7.32. The number of hydrogen-bond donors (Lipinski definition) is 3. The summed E-state index contributed by atoms with van der Waals surface area (Å²) in [7, 11) is 4.74. The molecule has 11 heavy (non-hydrogen) atoms. The second-order valence-electron chi connectivity index (χ2n) is 1.64. The predicted molar refractivity (Wildman–Crippen MR) is 43.3 cm³/mol. The fraction of sp³-hybridized carbons (Fsp3) is 0.667. The largest absolute Gasteiger partial charge is 0.359 e. The molecule has 0 aliphatic carbocycles. The molecule has 0 atom stereocenters. The van der Waals surface area contributed by atoms with Crippen LogP contribution in [0.2, 0.25) is 0 Å². The summed E-state index contributed by atoms with van der Waals surface area (Å²) in [5.74, 6) is 0.00463. The Morgan fingerprint density at radius 2 is 1.18 bits per heavy atom. The molecular weight excluding hydrogens is 146 g/mol. The number of amides is 3. The summed E-state index contributed by atoms with van der Waals surface area (Å²) in [6.45, 7) is 1.47. The molecule has 0 aromatic carbocycles. The van der Waals surface area contributed by atoms with E-state index in [-0.39, 0.29) is 11.9 Å². The van der Waals surface area contributed by atoms with E-state index in [2.05, 4.69) is 16.0 Å². The third-order valence-corrected chi connectivity index (χ3v) is 0.806. The van der Waals surface area contributed by atoms with E-state index in [4.69, 9.17) is 0 Å². The Hall–Kier alpha value is -1.26. The Balaban J connectivity index is 0. The molecule has 0 unspecified atom stereocenters. The minimum atomic E-state index is -0.157. The van der Waals surface area contributed by atoms with Crippen LogP contribution in [-0.4, -0.2) is 33.1 Å². The molecule has 66 valence electrons. The lowest BCUT2D eigenvalue weighted by atomic mass is 10.7. The van der Waals surface area contributed by atoms with Crippen LogP contribution in [0, 0.1) is 0 Å². The first-order valence-electron chi connectivity index (χ1n) is 3.16. The third-order valence-electron chi connectivity index (χ3n) is 0.806. The van der Waals surface area contributed by atoms with Gasteiger partial charge >= 0.3 is 6.03 Å². The van der Waals surface area contributed by atoms with E-state index < -0.39 is 0 Å². The highest BCUT2D eigenvalue weighted by molar-refractivity contribution is 5.73. The van der Waals surface area contributed by atoms with E-state index in [0.717, 1.165) is 0 Å². The monoisotopic (exact) mass is 161 g/mol. The van der Waals surface area contributed by atoms with Gasteiger partial charge < -0.3 is 16.0 Å². The lowest BCUT2D eigenvalue weighted by Crippen LogP contribution is -2.28. The van der Waals surface area contributed by atoms with E-state index in [0.29, 0.717) is 0 Å². The van der Waals surface area contributed by atoms with E-state index >= 15 is 0 Å². The van der Waals surface area contributed by atoms with Gasteiger partial charge in [0.05, 0.1) is 0 Å². The molecule has 0 heterocycles. The topological polar surface area (TPSA) is 70.2 Å². The van der Waals surface area contributed by atoms with Crippen molar-refractivity contribution in [3.63, 3.8) is 0 Å². The van der Waals surface area contributed by atoms with E-state index in [1.807, 2.05) is 0 Å². The lowest BCUT2D eigenvalue weighted by Gasteiger charge is -1.91. The summed E-state index contributed by atoms with van der Waals surface area (Å²) in [6, 6.07) is -0.157. The number of hydrogen-bond acceptors (Lipinski definition) is 2. The maximum absolute atomic E-state index is 9.96. The van der Waals surface area contributed by atoms with E-state index in [9.17, 15) is 9.59 Å². The van der Waals surface area contributed by atoms with Crippen LogP contribution in [0.25, 0.3) is 0 Å². The van der Waals surface area contributed by atoms with Crippen LogP contribution >= 0.6 is 0 Å². The van der Waals surface area contributed by atoms with Gasteiger partial charge in [-0.05, 0) is 0 Å². The fourth-order valence-corrected chi connectivity index (χ4v) is 0.125. The van der Waals surface area contributed by atoms with Gasteiger partial charge in [-0.25, -0.2) is 4.79 Å². The van der Waals surface area contributed by atoms with Gasteiger partial charge in [0.25, 0.3) is 0 Å². The van der Waals surface area contributed by atoms with Crippen molar-refractivity contribution in [2.45, 2.75) is 6.92 Å². The molecule has 5 nitrogen and oxygen atoms in total. The molecule has 5 heteroatoms. The van der Waals surface area contributed by atoms with Crippen molar-refractivity contribution < 1.29 is 9.59 Å². The Kier molecular flexibility index (Phi) is 9.87. The Morgan fingerprint density at radius 1 is 0.909 bits per heavy atom. The van der Waals surface area contributed by atoms with Gasteiger partial charge in [-0.2, -0.15) is 0 Å². The molecule has 0 fully saturated rings. The first-order valence-corrected chi connectivity index (χ1v) is 3.16. The quantitative estimate of drug-likeness (QED) is 0.439. The summed E-state index contributed by atoms with van der Waals surface area (Å²) >= 11 is 0. The van der Waals surface area contributed by atoms with Crippen LogP contribution in [0.3, 0.4) is 0 Å². The van der Waals surface area contributed by atoms with Gasteiger partial charge in [0, 0.05) is 28.1 Å². The van der Waals surface area contributed by atoms with Crippen molar-refractivity contribution in [3.8, 4) is 0 Å². The molecule has 3 N–H and O–H groups in total. The maximum atomic E-state index is 9.96. The summed E-state index contributed by atoms with van der Waals surface area (Å²) in [5, 5.41) is 7.12. The maximum Gasteiger partial charge on any atom is 0.314 e. The van der Waals surface area contributed by atoms with Crippen molar-refractivity contribution in [2.24, 2.45) is 0 Å². The van der Waals surface area contributed by atoms with Crippen LogP contribution < -0.4 is 16.0 Å². The lowest BCUT2D eigenvalue weighted by molar-refractivity contribution is -0.118. The number of nitrogens with one attached hydrogen (secondary N) is 3. The molecule has 0 aliphatic heterocycles. The van der Waals surface area contributed by atoms with E-state index in [1.165, 1.54) is 6.92 Å². The van der Waals surface area contributed by atoms with Gasteiger partial charge in [0.15, 0.2) is 0 Å². The standard InChI is InChI=1S/C3H8N2O.C3H7NO/c1-4-3(6)5-2;1-3(5)4-2/h1-2H3,(H2,4,5,6);1-2H3,(H,4,5). The highest BCUT2D eigenvalue weighted by atomic mass is 16.2. The predicted octanol–water partition coefficient (Wildman–Crippen LogP) is -0.702. The normalized spacial score (nSPS) is 6.91. The van der Waals surface area contributed by atoms with Crippen molar-refractivity contribution in [2.75, 3.05) is 21.1 Å². The summed E-state index contributed by atoms with van der Waals surface area (Å²) in [4.78, 5) is 19.7. The van der Waals surface area contributed by atoms with Gasteiger partial charge in [0.1, 0.15) is 0 Å². The average molecular weight is 161 g/mol. The SMILES string of the molecule is CNC(=O)NC.CNC(C)=O. The van der Waals surface area contributed by atoms with Crippen LogP contribution in [0.15, 0.2) is 0 Å². The first-order chi connectivity index (χ1) is 5.08. The second-order valence-corrected chi connectivity index (χ2v) is 1.64. The van der Waals surface area contributed by atoms with Crippen molar-refractivity contribution in [1.29, 1.82) is 0 Å². The smallest absolute Gasteiger partial charge is 0.314 e. The van der Waals surface area contributed by atoms with Crippen LogP contribution in [0.4, 0.5) is 4.79 Å². The van der Waals surface area contributed by atoms with Gasteiger partial charge in [-0.15, -0.1) is 0 Å². The number of rotatable bonds is 0. The third kappa shape index (κ3) is 17.7. The van der Waals surface area contributed by atoms with Gasteiger partial charge in [-0.1, -0.05) is 0 Å². The Bertz CT molecular complexity index is 119. The zero-order chi connectivity index (χ0) is 9.28. The average Bonchev–Trinajstić information content (AvgIpc) is 2.04.